The van der Waals surface area contributed by atoms with E-state index in [0.29, 0.717) is 18.9 Å². The molecular weight excluding hydrogens is 195 g/mol. The Morgan fingerprint density at radius 1 is 1.27 bits per heavy atom. The maximum atomic E-state index is 12.7. The zero-order chi connectivity index (χ0) is 10.7. The lowest BCUT2D eigenvalue weighted by Crippen LogP contribution is -2.01. The second kappa shape index (κ2) is 4.23. The summed E-state index contributed by atoms with van der Waals surface area (Å²) in [6.07, 6.45) is 2.31. The minimum absolute atomic E-state index is 0.271. The van der Waals surface area contributed by atoms with Gasteiger partial charge in [-0.15, -0.1) is 0 Å². The fourth-order valence-electron chi connectivity index (χ4n) is 1.29. The second-order valence-electron chi connectivity index (χ2n) is 3.18. The average Bonchev–Trinajstić information content (AvgIpc) is 2.68. The zero-order valence-corrected chi connectivity index (χ0v) is 8.11. The first-order valence-corrected chi connectivity index (χ1v) is 4.70. The zero-order valence-electron chi connectivity index (χ0n) is 8.11. The van der Waals surface area contributed by atoms with E-state index in [1.165, 1.54) is 12.1 Å². The first-order valence-electron chi connectivity index (χ1n) is 4.70. The number of hydrogen-bond acceptors (Lipinski definition) is 3. The van der Waals surface area contributed by atoms with Crippen LogP contribution >= 0.6 is 0 Å². The molecule has 0 aliphatic rings. The molecule has 0 bridgehead atoms. The third kappa shape index (κ3) is 2.22. The van der Waals surface area contributed by atoms with E-state index < -0.39 is 0 Å². The molecular formula is C11H11FN2O. The lowest BCUT2D eigenvalue weighted by molar-refractivity contribution is 0.519. The van der Waals surface area contributed by atoms with Gasteiger partial charge in [0.2, 0.25) is 5.89 Å². The molecule has 0 radical (unpaired) electrons. The summed E-state index contributed by atoms with van der Waals surface area (Å²) in [6.45, 7) is 0.526. The number of nitrogens with zero attached hydrogens (tertiary/aromatic N) is 1. The number of hydrogen-bond donors (Lipinski definition) is 1. The SMILES string of the molecule is NCCc1cnc(-c2ccc(F)cc2)o1. The average molecular weight is 206 g/mol. The van der Waals surface area contributed by atoms with Crippen LogP contribution in [0.3, 0.4) is 0 Å². The van der Waals surface area contributed by atoms with Crippen molar-refractivity contribution in [3.8, 4) is 11.5 Å². The Bertz CT molecular complexity index is 436. The fourth-order valence-corrected chi connectivity index (χ4v) is 1.29. The van der Waals surface area contributed by atoms with Crippen molar-refractivity contribution in [3.63, 3.8) is 0 Å². The Balaban J connectivity index is 2.25. The van der Waals surface area contributed by atoms with E-state index in [1.54, 1.807) is 18.3 Å². The van der Waals surface area contributed by atoms with E-state index in [4.69, 9.17) is 10.2 Å². The van der Waals surface area contributed by atoms with E-state index in [0.717, 1.165) is 11.3 Å². The van der Waals surface area contributed by atoms with Crippen LogP contribution in [-0.4, -0.2) is 11.5 Å². The second-order valence-corrected chi connectivity index (χ2v) is 3.18. The molecule has 0 amide bonds. The molecule has 0 unspecified atom stereocenters. The Hall–Kier alpha value is -1.68. The van der Waals surface area contributed by atoms with Gasteiger partial charge in [0.1, 0.15) is 11.6 Å². The molecule has 0 aliphatic carbocycles. The topological polar surface area (TPSA) is 52.0 Å². The van der Waals surface area contributed by atoms with Crippen molar-refractivity contribution in [2.24, 2.45) is 5.73 Å². The van der Waals surface area contributed by atoms with Gasteiger partial charge in [0.05, 0.1) is 6.20 Å². The van der Waals surface area contributed by atoms with Gasteiger partial charge < -0.3 is 10.2 Å². The first-order chi connectivity index (χ1) is 7.29. The molecule has 2 aromatic rings. The third-order valence-electron chi connectivity index (χ3n) is 2.04. The predicted octanol–water partition coefficient (Wildman–Crippen LogP) is 1.98. The maximum Gasteiger partial charge on any atom is 0.226 e. The summed E-state index contributed by atoms with van der Waals surface area (Å²) in [5, 5.41) is 0. The molecule has 3 nitrogen and oxygen atoms in total. The molecule has 4 heteroatoms. The van der Waals surface area contributed by atoms with E-state index in [9.17, 15) is 4.39 Å². The molecule has 78 valence electrons. The van der Waals surface area contributed by atoms with Crippen molar-refractivity contribution >= 4 is 0 Å². The van der Waals surface area contributed by atoms with Crippen molar-refractivity contribution in [2.75, 3.05) is 6.54 Å². The minimum atomic E-state index is -0.271. The number of benzene rings is 1. The van der Waals surface area contributed by atoms with Crippen LogP contribution in [0, 0.1) is 5.82 Å². The number of rotatable bonds is 3. The summed E-state index contributed by atoms with van der Waals surface area (Å²) in [6, 6.07) is 6.02. The van der Waals surface area contributed by atoms with E-state index in [-0.39, 0.29) is 5.82 Å². The molecule has 1 aromatic carbocycles. The summed E-state index contributed by atoms with van der Waals surface area (Å²) in [5.41, 5.74) is 6.15. The summed E-state index contributed by atoms with van der Waals surface area (Å²) >= 11 is 0. The number of halogens is 1. The Morgan fingerprint density at radius 2 is 2.00 bits per heavy atom. The van der Waals surface area contributed by atoms with E-state index in [1.807, 2.05) is 0 Å². The lowest BCUT2D eigenvalue weighted by Gasteiger charge is -1.94. The molecule has 2 rings (SSSR count). The van der Waals surface area contributed by atoms with Gasteiger partial charge in [-0.3, -0.25) is 0 Å². The summed E-state index contributed by atoms with van der Waals surface area (Å²) in [4.78, 5) is 4.09. The van der Waals surface area contributed by atoms with Crippen LogP contribution in [0.1, 0.15) is 5.76 Å². The monoisotopic (exact) mass is 206 g/mol. The molecule has 2 N–H and O–H groups in total. The highest BCUT2D eigenvalue weighted by Crippen LogP contribution is 2.19. The van der Waals surface area contributed by atoms with Crippen molar-refractivity contribution in [3.05, 3.63) is 42.0 Å². The predicted molar refractivity (Wildman–Crippen MR) is 54.7 cm³/mol. The molecule has 0 spiro atoms. The lowest BCUT2D eigenvalue weighted by atomic mass is 10.2. The summed E-state index contributed by atoms with van der Waals surface area (Å²) < 4.78 is 18.1. The molecule has 0 saturated carbocycles. The smallest absolute Gasteiger partial charge is 0.226 e. The van der Waals surface area contributed by atoms with Crippen LogP contribution in [0.4, 0.5) is 4.39 Å². The third-order valence-corrected chi connectivity index (χ3v) is 2.04. The molecule has 0 saturated heterocycles. The molecule has 15 heavy (non-hydrogen) atoms. The first kappa shape index (κ1) is 9.86. The molecule has 1 aromatic heterocycles. The van der Waals surface area contributed by atoms with Gasteiger partial charge in [0.15, 0.2) is 0 Å². The van der Waals surface area contributed by atoms with Crippen LogP contribution in [-0.2, 0) is 6.42 Å². The molecule has 0 atom stereocenters. The summed E-state index contributed by atoms with van der Waals surface area (Å²) in [7, 11) is 0. The molecule has 1 heterocycles. The highest BCUT2D eigenvalue weighted by Gasteiger charge is 2.05. The van der Waals surface area contributed by atoms with Crippen molar-refractivity contribution < 1.29 is 8.81 Å². The van der Waals surface area contributed by atoms with Gasteiger partial charge in [-0.25, -0.2) is 9.37 Å². The number of aromatic nitrogens is 1. The van der Waals surface area contributed by atoms with Crippen LogP contribution in [0.5, 0.6) is 0 Å². The number of oxazole rings is 1. The van der Waals surface area contributed by atoms with Crippen molar-refractivity contribution in [1.29, 1.82) is 0 Å². The molecule has 0 fully saturated rings. The van der Waals surface area contributed by atoms with Gasteiger partial charge in [-0.2, -0.15) is 0 Å². The van der Waals surface area contributed by atoms with Crippen molar-refractivity contribution in [2.45, 2.75) is 6.42 Å². The van der Waals surface area contributed by atoms with E-state index >= 15 is 0 Å². The van der Waals surface area contributed by atoms with Gasteiger partial charge in [-0.1, -0.05) is 0 Å². The van der Waals surface area contributed by atoms with Crippen LogP contribution in [0.15, 0.2) is 34.9 Å². The highest BCUT2D eigenvalue weighted by molar-refractivity contribution is 5.52. The van der Waals surface area contributed by atoms with Crippen LogP contribution < -0.4 is 5.73 Å². The van der Waals surface area contributed by atoms with E-state index in [2.05, 4.69) is 4.98 Å². The maximum absolute atomic E-state index is 12.7. The highest BCUT2D eigenvalue weighted by atomic mass is 19.1. The van der Waals surface area contributed by atoms with Crippen LogP contribution in [0.25, 0.3) is 11.5 Å². The Labute approximate surface area is 86.7 Å². The fraction of sp³-hybridized carbons (Fsp3) is 0.182. The molecule has 0 aliphatic heterocycles. The largest absolute Gasteiger partial charge is 0.441 e. The van der Waals surface area contributed by atoms with Crippen LogP contribution in [0.2, 0.25) is 0 Å². The van der Waals surface area contributed by atoms with Gasteiger partial charge in [-0.05, 0) is 30.8 Å². The quantitative estimate of drug-likeness (QED) is 0.835. The Morgan fingerprint density at radius 3 is 2.67 bits per heavy atom. The number of nitrogens with two attached hydrogens (primary N) is 1. The standard InChI is InChI=1S/C11H11FN2O/c12-9-3-1-8(2-4-9)11-14-7-10(15-11)5-6-13/h1-4,7H,5-6,13H2. The Kier molecular flexibility index (Phi) is 2.78. The minimum Gasteiger partial charge on any atom is -0.441 e. The normalized spacial score (nSPS) is 10.5. The van der Waals surface area contributed by atoms with Gasteiger partial charge in [0, 0.05) is 12.0 Å². The van der Waals surface area contributed by atoms with Gasteiger partial charge >= 0.3 is 0 Å². The van der Waals surface area contributed by atoms with Gasteiger partial charge in [0.25, 0.3) is 0 Å². The summed E-state index contributed by atoms with van der Waals surface area (Å²) in [5.74, 6) is 0.975. The van der Waals surface area contributed by atoms with Crippen molar-refractivity contribution in [1.82, 2.24) is 4.98 Å².